The van der Waals surface area contributed by atoms with Crippen LogP contribution in [0.15, 0.2) is 24.3 Å². The highest BCUT2D eigenvalue weighted by molar-refractivity contribution is 5.95. The molecule has 0 heterocycles. The Morgan fingerprint density at radius 2 is 2.17 bits per heavy atom. The van der Waals surface area contributed by atoms with Gasteiger partial charge in [-0.25, -0.2) is 0 Å². The number of rotatable bonds is 2. The number of nitrogens with one attached hydrogen (secondary N) is 1. The molecule has 0 spiro atoms. The van der Waals surface area contributed by atoms with Crippen LogP contribution in [0.1, 0.15) is 15.9 Å². The first-order valence-electron chi connectivity index (χ1n) is 3.70. The van der Waals surface area contributed by atoms with E-state index in [1.807, 2.05) is 19.1 Å². The summed E-state index contributed by atoms with van der Waals surface area (Å²) in [5.41, 5.74) is 1.51. The summed E-state index contributed by atoms with van der Waals surface area (Å²) in [5.74, 6) is -0.240. The fourth-order valence-corrected chi connectivity index (χ4v) is 0.995. The summed E-state index contributed by atoms with van der Waals surface area (Å²) in [6.07, 6.45) is 0. The first-order valence-corrected chi connectivity index (χ1v) is 3.70. The number of hydrogen-bond donors (Lipinski definition) is 2. The molecule has 0 aromatic heterocycles. The predicted octanol–water partition coefficient (Wildman–Crippen LogP) is 0.675. The zero-order chi connectivity index (χ0) is 8.97. The van der Waals surface area contributed by atoms with Crippen LogP contribution in [0.4, 0.5) is 0 Å². The number of hydrogen-bond acceptors (Lipinski definition) is 2. The van der Waals surface area contributed by atoms with E-state index in [-0.39, 0.29) is 12.6 Å². The van der Waals surface area contributed by atoms with Crippen molar-refractivity contribution in [2.24, 2.45) is 0 Å². The monoisotopic (exact) mass is 165 g/mol. The van der Waals surface area contributed by atoms with Gasteiger partial charge < -0.3 is 10.4 Å². The fraction of sp³-hybridized carbons (Fsp3) is 0.222. The van der Waals surface area contributed by atoms with E-state index < -0.39 is 0 Å². The number of carbonyl (C=O) groups excluding carboxylic acids is 1. The van der Waals surface area contributed by atoms with Crippen LogP contribution in [0.5, 0.6) is 0 Å². The van der Waals surface area contributed by atoms with E-state index in [4.69, 9.17) is 5.11 Å². The Kier molecular flexibility index (Phi) is 2.82. The lowest BCUT2D eigenvalue weighted by Gasteiger charge is -2.03. The number of aliphatic hydroxyl groups is 1. The van der Waals surface area contributed by atoms with Crippen molar-refractivity contribution in [3.8, 4) is 0 Å². The summed E-state index contributed by atoms with van der Waals surface area (Å²) in [6.45, 7) is 1.53. The molecule has 0 saturated carbocycles. The summed E-state index contributed by atoms with van der Waals surface area (Å²) < 4.78 is 0. The van der Waals surface area contributed by atoms with Gasteiger partial charge in [-0.15, -0.1) is 0 Å². The lowest BCUT2D eigenvalue weighted by atomic mass is 10.1. The van der Waals surface area contributed by atoms with Crippen molar-refractivity contribution < 1.29 is 9.90 Å². The Bertz CT molecular complexity index is 284. The smallest absolute Gasteiger partial charge is 0.253 e. The number of carbonyl (C=O) groups is 1. The maximum Gasteiger partial charge on any atom is 0.253 e. The van der Waals surface area contributed by atoms with E-state index in [9.17, 15) is 4.79 Å². The molecule has 3 heteroatoms. The van der Waals surface area contributed by atoms with E-state index in [2.05, 4.69) is 5.32 Å². The predicted molar refractivity (Wildman–Crippen MR) is 45.7 cm³/mol. The number of aliphatic hydroxyl groups excluding tert-OH is 1. The van der Waals surface area contributed by atoms with E-state index in [1.165, 1.54) is 0 Å². The molecule has 2 N–H and O–H groups in total. The summed E-state index contributed by atoms with van der Waals surface area (Å²) in [7, 11) is 0. The third kappa shape index (κ3) is 1.83. The standard InChI is InChI=1S/C9H11NO2/c1-7-4-2-3-5-8(7)9(12)10-6-11/h2-5,11H,6H2,1H3,(H,10,12). The third-order valence-corrected chi connectivity index (χ3v) is 1.63. The van der Waals surface area contributed by atoms with Crippen LogP contribution in [-0.2, 0) is 0 Å². The maximum absolute atomic E-state index is 11.2. The van der Waals surface area contributed by atoms with Gasteiger partial charge in [0.2, 0.25) is 0 Å². The molecular formula is C9H11NO2. The molecule has 0 aliphatic carbocycles. The summed E-state index contributed by atoms with van der Waals surface area (Å²) in [5, 5.41) is 10.8. The van der Waals surface area contributed by atoms with E-state index >= 15 is 0 Å². The minimum Gasteiger partial charge on any atom is -0.376 e. The first kappa shape index (κ1) is 8.74. The van der Waals surface area contributed by atoms with Gasteiger partial charge in [0.25, 0.3) is 5.91 Å². The van der Waals surface area contributed by atoms with Crippen LogP contribution in [0.3, 0.4) is 0 Å². The van der Waals surface area contributed by atoms with Gasteiger partial charge in [-0.2, -0.15) is 0 Å². The highest BCUT2D eigenvalue weighted by Crippen LogP contribution is 2.05. The van der Waals surface area contributed by atoms with Crippen LogP contribution in [0, 0.1) is 6.92 Å². The minimum absolute atomic E-state index is 0.240. The Balaban J connectivity index is 2.87. The molecule has 1 aromatic rings. The number of amides is 1. The Morgan fingerprint density at radius 3 is 2.75 bits per heavy atom. The van der Waals surface area contributed by atoms with Gasteiger partial charge in [-0.3, -0.25) is 4.79 Å². The number of aryl methyl sites for hydroxylation is 1. The van der Waals surface area contributed by atoms with Gasteiger partial charge >= 0.3 is 0 Å². The second-order valence-electron chi connectivity index (χ2n) is 2.48. The average molecular weight is 165 g/mol. The van der Waals surface area contributed by atoms with Crippen LogP contribution in [0.25, 0.3) is 0 Å². The van der Waals surface area contributed by atoms with Gasteiger partial charge in [-0.05, 0) is 18.6 Å². The van der Waals surface area contributed by atoms with Crippen molar-refractivity contribution >= 4 is 5.91 Å². The van der Waals surface area contributed by atoms with Crippen molar-refractivity contribution in [2.75, 3.05) is 6.73 Å². The highest BCUT2D eigenvalue weighted by Gasteiger charge is 2.05. The molecule has 64 valence electrons. The first-order chi connectivity index (χ1) is 5.75. The van der Waals surface area contributed by atoms with Crippen LogP contribution in [-0.4, -0.2) is 17.7 Å². The minimum atomic E-state index is -0.326. The highest BCUT2D eigenvalue weighted by atomic mass is 16.3. The molecule has 1 amide bonds. The summed E-state index contributed by atoms with van der Waals surface area (Å²) in [6, 6.07) is 7.23. The molecule has 0 unspecified atom stereocenters. The van der Waals surface area contributed by atoms with Gasteiger partial charge in [0.15, 0.2) is 0 Å². The normalized spacial score (nSPS) is 9.50. The lowest BCUT2D eigenvalue weighted by molar-refractivity contribution is 0.0909. The summed E-state index contributed by atoms with van der Waals surface area (Å²) >= 11 is 0. The van der Waals surface area contributed by atoms with E-state index in [1.54, 1.807) is 12.1 Å². The van der Waals surface area contributed by atoms with Crippen LogP contribution < -0.4 is 5.32 Å². The van der Waals surface area contributed by atoms with Crippen LogP contribution >= 0.6 is 0 Å². The second kappa shape index (κ2) is 3.88. The Hall–Kier alpha value is -1.35. The number of benzene rings is 1. The van der Waals surface area contributed by atoms with Crippen molar-refractivity contribution in [1.29, 1.82) is 0 Å². The van der Waals surface area contributed by atoms with Crippen molar-refractivity contribution in [1.82, 2.24) is 5.32 Å². The average Bonchev–Trinajstić information content (AvgIpc) is 2.05. The SMILES string of the molecule is Cc1ccccc1C(=O)NCO. The largest absolute Gasteiger partial charge is 0.376 e. The van der Waals surface area contributed by atoms with E-state index in [0.29, 0.717) is 5.56 Å². The molecule has 0 atom stereocenters. The Morgan fingerprint density at radius 1 is 1.50 bits per heavy atom. The maximum atomic E-state index is 11.2. The Labute approximate surface area is 71.0 Å². The molecule has 1 rings (SSSR count). The third-order valence-electron chi connectivity index (χ3n) is 1.63. The zero-order valence-corrected chi connectivity index (χ0v) is 6.87. The van der Waals surface area contributed by atoms with Crippen LogP contribution in [0.2, 0.25) is 0 Å². The molecule has 0 aliphatic heterocycles. The van der Waals surface area contributed by atoms with Gasteiger partial charge in [0.1, 0.15) is 6.73 Å². The van der Waals surface area contributed by atoms with Crippen molar-refractivity contribution in [2.45, 2.75) is 6.92 Å². The molecule has 3 nitrogen and oxygen atoms in total. The molecule has 12 heavy (non-hydrogen) atoms. The quantitative estimate of drug-likeness (QED) is 0.633. The van der Waals surface area contributed by atoms with Gasteiger partial charge in [-0.1, -0.05) is 18.2 Å². The summed E-state index contributed by atoms with van der Waals surface area (Å²) in [4.78, 5) is 11.2. The van der Waals surface area contributed by atoms with Gasteiger partial charge in [0.05, 0.1) is 0 Å². The lowest BCUT2D eigenvalue weighted by Crippen LogP contribution is -2.24. The van der Waals surface area contributed by atoms with Crippen molar-refractivity contribution in [3.05, 3.63) is 35.4 Å². The zero-order valence-electron chi connectivity index (χ0n) is 6.87. The molecule has 1 aromatic carbocycles. The molecule has 0 saturated heterocycles. The molecule has 0 bridgehead atoms. The molecule has 0 fully saturated rings. The molecular weight excluding hydrogens is 154 g/mol. The van der Waals surface area contributed by atoms with Gasteiger partial charge in [0, 0.05) is 5.56 Å². The molecule has 0 aliphatic rings. The van der Waals surface area contributed by atoms with E-state index in [0.717, 1.165) is 5.56 Å². The second-order valence-corrected chi connectivity index (χ2v) is 2.48. The topological polar surface area (TPSA) is 49.3 Å². The molecule has 0 radical (unpaired) electrons. The fourth-order valence-electron chi connectivity index (χ4n) is 0.995. The van der Waals surface area contributed by atoms with Crippen molar-refractivity contribution in [3.63, 3.8) is 0 Å².